The van der Waals surface area contributed by atoms with Crippen LogP contribution in [0.1, 0.15) is 49.1 Å². The van der Waals surface area contributed by atoms with E-state index in [-0.39, 0.29) is 36.8 Å². The standard InChI is InChI=1S/C14H23N3OS.2ClH/c1-9(2)7-13-16-12(8-19-13)14(18)17-11-5-4-6-15-10(11)3;;/h8-11,15H,4-7H2,1-3H3,(H,17,18);2*1H. The van der Waals surface area contributed by atoms with Crippen LogP contribution in [0.15, 0.2) is 5.38 Å². The van der Waals surface area contributed by atoms with Gasteiger partial charge in [-0.05, 0) is 32.2 Å². The topological polar surface area (TPSA) is 54.0 Å². The average molecular weight is 354 g/mol. The zero-order valence-corrected chi connectivity index (χ0v) is 15.2. The fourth-order valence-corrected chi connectivity index (χ4v) is 3.33. The summed E-state index contributed by atoms with van der Waals surface area (Å²) in [6.45, 7) is 7.49. The summed E-state index contributed by atoms with van der Waals surface area (Å²) in [5, 5.41) is 9.40. The highest BCUT2D eigenvalue weighted by Gasteiger charge is 2.23. The normalized spacial score (nSPS) is 21.3. The Morgan fingerprint density at radius 2 is 2.24 bits per heavy atom. The molecule has 7 heteroatoms. The number of amides is 1. The van der Waals surface area contributed by atoms with E-state index in [2.05, 4.69) is 36.4 Å². The molecule has 1 aromatic rings. The maximum Gasteiger partial charge on any atom is 0.271 e. The summed E-state index contributed by atoms with van der Waals surface area (Å²) in [5.74, 6) is 0.538. The first kappa shape index (κ1) is 20.6. The molecule has 2 unspecified atom stereocenters. The van der Waals surface area contributed by atoms with Crippen LogP contribution in [0.5, 0.6) is 0 Å². The van der Waals surface area contributed by atoms with E-state index in [4.69, 9.17) is 0 Å². The lowest BCUT2D eigenvalue weighted by Crippen LogP contribution is -2.51. The number of hydrogen-bond donors (Lipinski definition) is 2. The molecule has 1 aliphatic rings. The SMILES string of the molecule is CC(C)Cc1nc(C(=O)NC2CCCNC2C)cs1.Cl.Cl. The number of nitrogens with one attached hydrogen (secondary N) is 2. The Kier molecular flexibility index (Phi) is 9.45. The van der Waals surface area contributed by atoms with E-state index in [1.165, 1.54) is 0 Å². The van der Waals surface area contributed by atoms with Crippen molar-refractivity contribution in [3.63, 3.8) is 0 Å². The van der Waals surface area contributed by atoms with Crippen LogP contribution in [-0.2, 0) is 6.42 Å². The fraction of sp³-hybridized carbons (Fsp3) is 0.714. The van der Waals surface area contributed by atoms with Crippen molar-refractivity contribution in [1.82, 2.24) is 15.6 Å². The molecule has 2 atom stereocenters. The van der Waals surface area contributed by atoms with Crippen LogP contribution >= 0.6 is 36.2 Å². The van der Waals surface area contributed by atoms with Crippen molar-refractivity contribution < 1.29 is 4.79 Å². The molecule has 1 aliphatic heterocycles. The van der Waals surface area contributed by atoms with Crippen LogP contribution < -0.4 is 10.6 Å². The third-order valence-corrected chi connectivity index (χ3v) is 4.32. The second kappa shape index (κ2) is 9.62. The summed E-state index contributed by atoms with van der Waals surface area (Å²) in [4.78, 5) is 16.6. The molecule has 21 heavy (non-hydrogen) atoms. The van der Waals surface area contributed by atoms with Gasteiger partial charge in [-0.25, -0.2) is 4.98 Å². The van der Waals surface area contributed by atoms with Gasteiger partial charge in [-0.2, -0.15) is 0 Å². The molecule has 0 radical (unpaired) electrons. The fourth-order valence-electron chi connectivity index (χ4n) is 2.34. The van der Waals surface area contributed by atoms with Crippen molar-refractivity contribution in [3.05, 3.63) is 16.1 Å². The minimum Gasteiger partial charge on any atom is -0.346 e. The van der Waals surface area contributed by atoms with E-state index in [9.17, 15) is 4.79 Å². The van der Waals surface area contributed by atoms with Gasteiger partial charge in [0.05, 0.1) is 5.01 Å². The minimum atomic E-state index is -0.0354. The third kappa shape index (κ3) is 6.10. The third-order valence-electron chi connectivity index (χ3n) is 3.45. The van der Waals surface area contributed by atoms with Gasteiger partial charge in [-0.15, -0.1) is 36.2 Å². The molecule has 1 amide bonds. The molecule has 0 saturated carbocycles. The predicted octanol–water partition coefficient (Wildman–Crippen LogP) is 3.06. The molecule has 1 saturated heterocycles. The number of carbonyl (C=O) groups is 1. The Morgan fingerprint density at radius 1 is 1.52 bits per heavy atom. The Balaban J connectivity index is 0.00000200. The van der Waals surface area contributed by atoms with Crippen LogP contribution in [0.2, 0.25) is 0 Å². The molecular weight excluding hydrogens is 329 g/mol. The predicted molar refractivity (Wildman–Crippen MR) is 93.1 cm³/mol. The van der Waals surface area contributed by atoms with Crippen LogP contribution in [0.4, 0.5) is 0 Å². The zero-order chi connectivity index (χ0) is 13.8. The van der Waals surface area contributed by atoms with Gasteiger partial charge in [0.2, 0.25) is 0 Å². The summed E-state index contributed by atoms with van der Waals surface area (Å²) < 4.78 is 0. The Morgan fingerprint density at radius 3 is 2.86 bits per heavy atom. The van der Waals surface area contributed by atoms with E-state index >= 15 is 0 Å². The molecule has 2 heterocycles. The van der Waals surface area contributed by atoms with Crippen LogP contribution in [0, 0.1) is 5.92 Å². The van der Waals surface area contributed by atoms with Crippen LogP contribution in [-0.4, -0.2) is 29.5 Å². The summed E-state index contributed by atoms with van der Waals surface area (Å²) in [7, 11) is 0. The molecule has 0 bridgehead atoms. The lowest BCUT2D eigenvalue weighted by Gasteiger charge is -2.30. The highest BCUT2D eigenvalue weighted by molar-refractivity contribution is 7.09. The molecule has 0 aromatic carbocycles. The molecule has 122 valence electrons. The average Bonchev–Trinajstić information content (AvgIpc) is 2.79. The monoisotopic (exact) mass is 353 g/mol. The van der Waals surface area contributed by atoms with Gasteiger partial charge < -0.3 is 10.6 Å². The highest BCUT2D eigenvalue weighted by Crippen LogP contribution is 2.15. The molecule has 0 spiro atoms. The number of rotatable bonds is 4. The molecule has 2 N–H and O–H groups in total. The van der Waals surface area contributed by atoms with Gasteiger partial charge in [-0.3, -0.25) is 4.79 Å². The Labute approximate surface area is 143 Å². The maximum absolute atomic E-state index is 12.2. The van der Waals surface area contributed by atoms with E-state index in [1.807, 2.05) is 5.38 Å². The highest BCUT2D eigenvalue weighted by atomic mass is 35.5. The number of nitrogens with zero attached hydrogens (tertiary/aromatic N) is 1. The molecular formula is C14H25Cl2N3OS. The molecule has 4 nitrogen and oxygen atoms in total. The van der Waals surface area contributed by atoms with Crippen molar-refractivity contribution in [2.75, 3.05) is 6.54 Å². The smallest absolute Gasteiger partial charge is 0.271 e. The van der Waals surface area contributed by atoms with Gasteiger partial charge in [0.15, 0.2) is 0 Å². The molecule has 0 aliphatic carbocycles. The molecule has 1 aromatic heterocycles. The van der Waals surface area contributed by atoms with E-state index in [0.29, 0.717) is 17.7 Å². The van der Waals surface area contributed by atoms with Gasteiger partial charge in [0.25, 0.3) is 5.91 Å². The van der Waals surface area contributed by atoms with Crippen LogP contribution in [0.25, 0.3) is 0 Å². The van der Waals surface area contributed by atoms with E-state index in [0.717, 1.165) is 30.8 Å². The quantitative estimate of drug-likeness (QED) is 0.874. The zero-order valence-electron chi connectivity index (χ0n) is 12.7. The Hall–Kier alpha value is -0.360. The van der Waals surface area contributed by atoms with E-state index in [1.54, 1.807) is 11.3 Å². The first-order valence-corrected chi connectivity index (χ1v) is 7.93. The number of piperidine rings is 1. The number of aromatic nitrogens is 1. The summed E-state index contributed by atoms with van der Waals surface area (Å²) in [6, 6.07) is 0.558. The largest absolute Gasteiger partial charge is 0.346 e. The van der Waals surface area contributed by atoms with Crippen LogP contribution in [0.3, 0.4) is 0 Å². The lowest BCUT2D eigenvalue weighted by atomic mass is 10.00. The van der Waals surface area contributed by atoms with Crippen molar-refractivity contribution in [3.8, 4) is 0 Å². The van der Waals surface area contributed by atoms with E-state index < -0.39 is 0 Å². The lowest BCUT2D eigenvalue weighted by molar-refractivity contribution is 0.0915. The summed E-state index contributed by atoms with van der Waals surface area (Å²) in [6.07, 6.45) is 3.10. The first-order valence-electron chi connectivity index (χ1n) is 7.05. The Bertz CT molecular complexity index is 440. The summed E-state index contributed by atoms with van der Waals surface area (Å²) >= 11 is 1.58. The van der Waals surface area contributed by atoms with Crippen molar-refractivity contribution >= 4 is 42.1 Å². The van der Waals surface area contributed by atoms with Gasteiger partial charge in [0.1, 0.15) is 5.69 Å². The van der Waals surface area contributed by atoms with Crippen molar-refractivity contribution in [2.24, 2.45) is 5.92 Å². The van der Waals surface area contributed by atoms with Gasteiger partial charge in [-0.1, -0.05) is 13.8 Å². The summed E-state index contributed by atoms with van der Waals surface area (Å²) in [5.41, 5.74) is 0.568. The first-order chi connectivity index (χ1) is 9.06. The number of thiazole rings is 1. The van der Waals surface area contributed by atoms with Gasteiger partial charge >= 0.3 is 0 Å². The van der Waals surface area contributed by atoms with Crippen molar-refractivity contribution in [1.29, 1.82) is 0 Å². The second-order valence-electron chi connectivity index (χ2n) is 5.69. The number of hydrogen-bond acceptors (Lipinski definition) is 4. The number of halogens is 2. The van der Waals surface area contributed by atoms with Crippen molar-refractivity contribution in [2.45, 2.75) is 52.1 Å². The minimum absolute atomic E-state index is 0. The van der Waals surface area contributed by atoms with Gasteiger partial charge in [0, 0.05) is 23.9 Å². The molecule has 2 rings (SSSR count). The number of carbonyl (C=O) groups excluding carboxylic acids is 1. The molecule has 1 fully saturated rings. The second-order valence-corrected chi connectivity index (χ2v) is 6.63. The maximum atomic E-state index is 12.2.